The van der Waals surface area contributed by atoms with Crippen molar-refractivity contribution in [3.05, 3.63) is 29.3 Å². The van der Waals surface area contributed by atoms with Crippen molar-refractivity contribution in [2.45, 2.75) is 58.0 Å². The molecule has 6 heteroatoms. The summed E-state index contributed by atoms with van der Waals surface area (Å²) in [5.74, 6) is 1.96. The highest BCUT2D eigenvalue weighted by atomic mass is 127. The molecule has 3 N–H and O–H groups in total. The van der Waals surface area contributed by atoms with Crippen LogP contribution in [0.15, 0.2) is 23.2 Å². The van der Waals surface area contributed by atoms with Crippen LogP contribution in [0.3, 0.4) is 0 Å². The van der Waals surface area contributed by atoms with Gasteiger partial charge in [-0.25, -0.2) is 4.99 Å². The van der Waals surface area contributed by atoms with Crippen LogP contribution in [0.5, 0.6) is 5.75 Å². The quantitative estimate of drug-likeness (QED) is 0.375. The van der Waals surface area contributed by atoms with E-state index in [1.54, 1.807) is 0 Å². The predicted molar refractivity (Wildman–Crippen MR) is 116 cm³/mol. The topological polar surface area (TPSA) is 68.9 Å². The minimum Gasteiger partial charge on any atom is -0.493 e. The number of benzene rings is 1. The average molecular weight is 473 g/mol. The molecule has 1 aromatic carbocycles. The number of hydrogen-bond donors (Lipinski definition) is 2. The minimum atomic E-state index is 0. The van der Waals surface area contributed by atoms with E-state index in [0.29, 0.717) is 31.1 Å². The molecule has 0 spiro atoms. The maximum atomic E-state index is 6.09. The first-order chi connectivity index (χ1) is 12.2. The summed E-state index contributed by atoms with van der Waals surface area (Å²) in [5, 5.41) is 3.37. The molecule has 26 heavy (non-hydrogen) atoms. The van der Waals surface area contributed by atoms with Gasteiger partial charge < -0.3 is 20.5 Å². The van der Waals surface area contributed by atoms with Crippen LogP contribution in [0.1, 0.15) is 49.7 Å². The number of ether oxygens (including phenoxy) is 2. The second-order valence-electron chi connectivity index (χ2n) is 7.33. The Hall–Kier alpha value is -1.02. The third-order valence-electron chi connectivity index (χ3n) is 5.10. The Balaban J connectivity index is 0.00000243. The third kappa shape index (κ3) is 6.61. The first-order valence-electron chi connectivity index (χ1n) is 9.57. The SMILES string of the molecule is Cc1ccc(CN=C(N)NC2CCCCC2)c(OCC2CCOC2)c1.I. The Labute approximate surface area is 174 Å². The molecular formula is C20H32IN3O2. The van der Waals surface area contributed by atoms with Gasteiger partial charge in [-0.2, -0.15) is 0 Å². The molecule has 1 atom stereocenters. The van der Waals surface area contributed by atoms with Crippen molar-refractivity contribution in [1.29, 1.82) is 0 Å². The van der Waals surface area contributed by atoms with E-state index in [2.05, 4.69) is 35.4 Å². The molecule has 0 aromatic heterocycles. The molecule has 2 fully saturated rings. The van der Waals surface area contributed by atoms with E-state index in [4.69, 9.17) is 15.2 Å². The fourth-order valence-electron chi connectivity index (χ4n) is 3.52. The molecule has 0 radical (unpaired) electrons. The van der Waals surface area contributed by atoms with Gasteiger partial charge in [0, 0.05) is 24.1 Å². The van der Waals surface area contributed by atoms with Crippen LogP contribution in [0.25, 0.3) is 0 Å². The molecule has 1 aliphatic carbocycles. The van der Waals surface area contributed by atoms with Gasteiger partial charge in [0.1, 0.15) is 5.75 Å². The summed E-state index contributed by atoms with van der Waals surface area (Å²) in [6.07, 6.45) is 7.37. The fourth-order valence-corrected chi connectivity index (χ4v) is 3.52. The lowest BCUT2D eigenvalue weighted by atomic mass is 9.96. The number of nitrogens with one attached hydrogen (secondary N) is 1. The van der Waals surface area contributed by atoms with Crippen LogP contribution < -0.4 is 15.8 Å². The molecule has 1 saturated heterocycles. The Bertz CT molecular complexity index is 582. The van der Waals surface area contributed by atoms with Crippen LogP contribution in [0.4, 0.5) is 0 Å². The van der Waals surface area contributed by atoms with Crippen molar-refractivity contribution in [3.63, 3.8) is 0 Å². The summed E-state index contributed by atoms with van der Waals surface area (Å²) in [6.45, 7) is 4.98. The highest BCUT2D eigenvalue weighted by Gasteiger charge is 2.17. The van der Waals surface area contributed by atoms with Crippen molar-refractivity contribution >= 4 is 29.9 Å². The predicted octanol–water partition coefficient (Wildman–Crippen LogP) is 3.77. The summed E-state index contributed by atoms with van der Waals surface area (Å²) >= 11 is 0. The maximum absolute atomic E-state index is 6.09. The zero-order chi connectivity index (χ0) is 17.5. The van der Waals surface area contributed by atoms with Crippen molar-refractivity contribution in [2.24, 2.45) is 16.6 Å². The molecule has 1 aromatic rings. The Morgan fingerprint density at radius 2 is 2.08 bits per heavy atom. The Kier molecular flexibility index (Phi) is 8.98. The van der Waals surface area contributed by atoms with Gasteiger partial charge in [-0.1, -0.05) is 31.4 Å². The van der Waals surface area contributed by atoms with Gasteiger partial charge in [0.25, 0.3) is 0 Å². The molecule has 2 aliphatic rings. The molecule has 5 nitrogen and oxygen atoms in total. The number of guanidine groups is 1. The highest BCUT2D eigenvalue weighted by molar-refractivity contribution is 14.0. The number of nitrogens with two attached hydrogens (primary N) is 1. The number of rotatable bonds is 6. The lowest BCUT2D eigenvalue weighted by Gasteiger charge is -2.23. The van der Waals surface area contributed by atoms with E-state index < -0.39 is 0 Å². The molecule has 3 rings (SSSR count). The monoisotopic (exact) mass is 473 g/mol. The van der Waals surface area contributed by atoms with E-state index >= 15 is 0 Å². The Morgan fingerprint density at radius 1 is 1.27 bits per heavy atom. The van der Waals surface area contributed by atoms with Gasteiger partial charge >= 0.3 is 0 Å². The van der Waals surface area contributed by atoms with E-state index in [9.17, 15) is 0 Å². The second-order valence-corrected chi connectivity index (χ2v) is 7.33. The van der Waals surface area contributed by atoms with Gasteiger partial charge in [-0.05, 0) is 37.8 Å². The van der Waals surface area contributed by atoms with Crippen molar-refractivity contribution < 1.29 is 9.47 Å². The number of nitrogens with zero attached hydrogens (tertiary/aromatic N) is 1. The third-order valence-corrected chi connectivity index (χ3v) is 5.10. The Morgan fingerprint density at radius 3 is 2.81 bits per heavy atom. The summed E-state index contributed by atoms with van der Waals surface area (Å²) < 4.78 is 11.5. The van der Waals surface area contributed by atoms with E-state index in [-0.39, 0.29) is 24.0 Å². The first-order valence-corrected chi connectivity index (χ1v) is 9.57. The van der Waals surface area contributed by atoms with Crippen molar-refractivity contribution in [2.75, 3.05) is 19.8 Å². The number of aliphatic imine (C=N–C) groups is 1. The molecule has 146 valence electrons. The molecule has 0 bridgehead atoms. The van der Waals surface area contributed by atoms with E-state index in [1.807, 2.05) is 0 Å². The molecule has 0 amide bonds. The van der Waals surface area contributed by atoms with Crippen molar-refractivity contribution in [1.82, 2.24) is 5.32 Å². The minimum absolute atomic E-state index is 0. The molecule has 1 heterocycles. The van der Waals surface area contributed by atoms with Crippen LogP contribution in [0.2, 0.25) is 0 Å². The summed E-state index contributed by atoms with van der Waals surface area (Å²) in [7, 11) is 0. The number of aryl methyl sites for hydroxylation is 1. The number of halogens is 1. The number of hydrogen-bond acceptors (Lipinski definition) is 3. The largest absolute Gasteiger partial charge is 0.493 e. The molecule has 1 aliphatic heterocycles. The van der Waals surface area contributed by atoms with Crippen LogP contribution in [-0.2, 0) is 11.3 Å². The van der Waals surface area contributed by atoms with Gasteiger partial charge in [0.15, 0.2) is 5.96 Å². The highest BCUT2D eigenvalue weighted by Crippen LogP contribution is 2.23. The zero-order valence-electron chi connectivity index (χ0n) is 15.7. The average Bonchev–Trinajstić information content (AvgIpc) is 3.13. The normalized spacial score (nSPS) is 21.3. The van der Waals surface area contributed by atoms with Crippen LogP contribution in [-0.4, -0.2) is 31.8 Å². The van der Waals surface area contributed by atoms with Gasteiger partial charge in [-0.3, -0.25) is 0 Å². The lowest BCUT2D eigenvalue weighted by molar-refractivity contribution is 0.166. The lowest BCUT2D eigenvalue weighted by Crippen LogP contribution is -2.41. The van der Waals surface area contributed by atoms with E-state index in [1.165, 1.54) is 37.7 Å². The van der Waals surface area contributed by atoms with Gasteiger partial charge in [0.2, 0.25) is 0 Å². The molecule has 1 unspecified atom stereocenters. The smallest absolute Gasteiger partial charge is 0.189 e. The van der Waals surface area contributed by atoms with Crippen LogP contribution in [0, 0.1) is 12.8 Å². The van der Waals surface area contributed by atoms with Crippen LogP contribution >= 0.6 is 24.0 Å². The fraction of sp³-hybridized carbons (Fsp3) is 0.650. The molecular weight excluding hydrogens is 441 g/mol. The standard InChI is InChI=1S/C20H31N3O2.HI/c1-15-7-8-17(19(11-15)25-14-16-9-10-24-13-16)12-22-20(21)23-18-5-3-2-4-6-18;/h7-8,11,16,18H,2-6,9-10,12-14H2,1H3,(H3,21,22,23);1H. The van der Waals surface area contributed by atoms with E-state index in [0.717, 1.165) is 30.9 Å². The maximum Gasteiger partial charge on any atom is 0.189 e. The second kappa shape index (κ2) is 11.0. The summed E-state index contributed by atoms with van der Waals surface area (Å²) in [5.41, 5.74) is 8.36. The van der Waals surface area contributed by atoms with Gasteiger partial charge in [0.05, 0.1) is 19.8 Å². The summed E-state index contributed by atoms with van der Waals surface area (Å²) in [4.78, 5) is 4.54. The zero-order valence-corrected chi connectivity index (χ0v) is 18.0. The summed E-state index contributed by atoms with van der Waals surface area (Å²) in [6, 6.07) is 6.76. The first kappa shape index (κ1) is 21.3. The van der Waals surface area contributed by atoms with Crippen molar-refractivity contribution in [3.8, 4) is 5.75 Å². The van der Waals surface area contributed by atoms with Gasteiger partial charge in [-0.15, -0.1) is 24.0 Å². The molecule has 1 saturated carbocycles.